The van der Waals surface area contributed by atoms with Crippen LogP contribution in [-0.2, 0) is 26.6 Å². The van der Waals surface area contributed by atoms with E-state index in [0.717, 1.165) is 4.13 Å². The molecule has 6 nitrogen and oxygen atoms in total. The van der Waals surface area contributed by atoms with Crippen molar-refractivity contribution in [3.8, 4) is 0 Å². The highest BCUT2D eigenvalue weighted by molar-refractivity contribution is 8.13. The molecular weight excluding hydrogens is 450 g/mol. The number of hydrogen-bond acceptors (Lipinski definition) is 4. The fourth-order valence-electron chi connectivity index (χ4n) is 2.19. The third-order valence-electron chi connectivity index (χ3n) is 4.15. The van der Waals surface area contributed by atoms with Crippen molar-refractivity contribution >= 4 is 20.0 Å². The Hall–Kier alpha value is -1.38. The predicted molar refractivity (Wildman–Crippen MR) is 95.3 cm³/mol. The summed E-state index contributed by atoms with van der Waals surface area (Å²) in [5, 5.41) is 0. The molecule has 0 saturated heterocycles. The monoisotopic (exact) mass is 472 g/mol. The summed E-state index contributed by atoms with van der Waals surface area (Å²) in [7, 11) is -13.4. The highest BCUT2D eigenvalue weighted by atomic mass is 32.3. The second kappa shape index (κ2) is 10.1. The van der Waals surface area contributed by atoms with Gasteiger partial charge in [-0.15, -0.1) is 0 Å². The quantitative estimate of drug-likeness (QED) is 0.442. The maximum Gasteiger partial charge on any atom is 0.480 e. The first-order valence-electron chi connectivity index (χ1n) is 8.22. The van der Waals surface area contributed by atoms with Crippen molar-refractivity contribution in [3.63, 3.8) is 0 Å². The maximum atomic E-state index is 11.4. The molecule has 0 N–H and O–H groups in total. The van der Waals surface area contributed by atoms with Crippen LogP contribution in [0.5, 0.6) is 0 Å². The van der Waals surface area contributed by atoms with Gasteiger partial charge in [0.25, 0.3) is 0 Å². The van der Waals surface area contributed by atoms with Crippen LogP contribution in [0.1, 0.15) is 26.3 Å². The molecule has 14 heteroatoms. The number of rotatable bonds is 7. The van der Waals surface area contributed by atoms with Crippen LogP contribution in [0, 0.1) is 0 Å². The van der Waals surface area contributed by atoms with E-state index in [1.54, 1.807) is 0 Å². The topological polar surface area (TPSA) is 82.4 Å². The van der Waals surface area contributed by atoms with Crippen molar-refractivity contribution in [1.29, 1.82) is 0 Å². The van der Waals surface area contributed by atoms with E-state index in [1.807, 2.05) is 0 Å². The zero-order chi connectivity index (χ0) is 23.1. The molecule has 0 bridgehead atoms. The van der Waals surface area contributed by atoms with Crippen LogP contribution in [0.25, 0.3) is 4.13 Å². The third-order valence-corrected chi connectivity index (χ3v) is 6.89. The zero-order valence-electron chi connectivity index (χ0n) is 15.8. The third kappa shape index (κ3) is 8.10. The van der Waals surface area contributed by atoms with Crippen LogP contribution >= 0.6 is 0 Å². The molecule has 0 heterocycles. The molecule has 0 unspecified atom stereocenters. The van der Waals surface area contributed by atoms with E-state index in [9.17, 15) is 43.2 Å². The summed E-state index contributed by atoms with van der Waals surface area (Å²) >= 11 is 0. The van der Waals surface area contributed by atoms with Gasteiger partial charge in [0.1, 0.15) is 6.54 Å². The van der Waals surface area contributed by atoms with Gasteiger partial charge in [0.2, 0.25) is 0 Å². The molecule has 0 fully saturated rings. The lowest BCUT2D eigenvalue weighted by Gasteiger charge is -2.35. The van der Waals surface area contributed by atoms with Crippen LogP contribution in [0.4, 0.5) is 26.3 Å². The first-order valence-corrected chi connectivity index (χ1v) is 11.1. The van der Waals surface area contributed by atoms with Gasteiger partial charge >= 0.3 is 11.0 Å². The molecule has 0 radical (unpaired) electrons. The van der Waals surface area contributed by atoms with E-state index in [-0.39, 0.29) is 0 Å². The highest BCUT2D eigenvalue weighted by Crippen LogP contribution is 2.36. The molecule has 1 aromatic rings. The number of quaternary nitrogens is 1. The van der Waals surface area contributed by atoms with Gasteiger partial charge < -0.3 is 8.61 Å². The summed E-state index contributed by atoms with van der Waals surface area (Å²) in [6.45, 7) is 11.7. The summed E-state index contributed by atoms with van der Waals surface area (Å²) in [4.78, 5) is 0. The molecular formula is C15H22F6N2O4S2. The number of nitrogens with zero attached hydrogens (tertiary/aromatic N) is 2. The smallest absolute Gasteiger partial charge is 0.421 e. The number of hydrogen-bond donors (Lipinski definition) is 0. The summed E-state index contributed by atoms with van der Waals surface area (Å²) in [6, 6.07) is 10.8. The first kappa shape index (κ1) is 27.6. The Morgan fingerprint density at radius 2 is 1.10 bits per heavy atom. The number of sulfonamides is 2. The van der Waals surface area contributed by atoms with Crippen molar-refractivity contribution in [2.75, 3.05) is 19.6 Å². The minimum Gasteiger partial charge on any atom is -0.421 e. The van der Waals surface area contributed by atoms with E-state index >= 15 is 0 Å². The lowest BCUT2D eigenvalue weighted by atomic mass is 10.2. The second-order valence-corrected chi connectivity index (χ2v) is 9.27. The molecule has 0 saturated carbocycles. The molecule has 0 aliphatic heterocycles. The highest BCUT2D eigenvalue weighted by Gasteiger charge is 2.46. The lowest BCUT2D eigenvalue weighted by Crippen LogP contribution is -2.46. The van der Waals surface area contributed by atoms with Crippen LogP contribution < -0.4 is 0 Å². The summed E-state index contributed by atoms with van der Waals surface area (Å²) in [5.74, 6) is 0. The Kier molecular flexibility index (Phi) is 9.61. The molecule has 0 spiro atoms. The minimum atomic E-state index is -6.72. The normalized spacial score (nSPS) is 13.6. The second-order valence-electron chi connectivity index (χ2n) is 5.85. The van der Waals surface area contributed by atoms with Crippen LogP contribution in [0.15, 0.2) is 30.3 Å². The van der Waals surface area contributed by atoms with Gasteiger partial charge in [-0.3, -0.25) is 0 Å². The predicted octanol–water partition coefficient (Wildman–Crippen LogP) is 4.12. The first-order chi connectivity index (χ1) is 13.0. The molecule has 0 aliphatic rings. The van der Waals surface area contributed by atoms with Crippen molar-refractivity contribution < 1.29 is 47.7 Å². The van der Waals surface area contributed by atoms with Crippen molar-refractivity contribution in [2.45, 2.75) is 38.3 Å². The van der Waals surface area contributed by atoms with Gasteiger partial charge in [-0.25, -0.2) is 16.8 Å². The number of alkyl halides is 6. The van der Waals surface area contributed by atoms with E-state index in [4.69, 9.17) is 0 Å². The van der Waals surface area contributed by atoms with Crippen LogP contribution in [0.2, 0.25) is 0 Å². The number of halogens is 6. The van der Waals surface area contributed by atoms with Crippen LogP contribution in [-0.4, -0.2) is 52.0 Å². The molecule has 0 aromatic heterocycles. The summed E-state index contributed by atoms with van der Waals surface area (Å²) in [6.07, 6.45) is 0. The molecule has 1 rings (SSSR count). The minimum absolute atomic E-state index is 0.778. The average molecular weight is 472 g/mol. The molecule has 0 atom stereocenters. The van der Waals surface area contributed by atoms with E-state index in [1.165, 1.54) is 36.2 Å². The maximum absolute atomic E-state index is 11.4. The van der Waals surface area contributed by atoms with Crippen molar-refractivity contribution in [1.82, 2.24) is 0 Å². The molecule has 0 amide bonds. The van der Waals surface area contributed by atoms with Gasteiger partial charge in [0.15, 0.2) is 20.0 Å². The molecule has 0 aliphatic carbocycles. The average Bonchev–Trinajstić information content (AvgIpc) is 2.58. The Morgan fingerprint density at radius 1 is 0.759 bits per heavy atom. The fraction of sp³-hybridized carbons (Fsp3) is 0.600. The Bertz CT molecular complexity index is 784. The summed E-state index contributed by atoms with van der Waals surface area (Å²) < 4.78 is 110. The summed E-state index contributed by atoms with van der Waals surface area (Å²) in [5.41, 5.74) is -10.9. The van der Waals surface area contributed by atoms with Gasteiger partial charge in [-0.2, -0.15) is 26.3 Å². The number of benzene rings is 1. The van der Waals surface area contributed by atoms with Crippen LogP contribution in [0.3, 0.4) is 0 Å². The van der Waals surface area contributed by atoms with Crippen molar-refractivity contribution in [3.05, 3.63) is 40.0 Å². The largest absolute Gasteiger partial charge is 0.480 e. The van der Waals surface area contributed by atoms with Crippen molar-refractivity contribution in [2.24, 2.45) is 0 Å². The Morgan fingerprint density at radius 3 is 1.38 bits per heavy atom. The van der Waals surface area contributed by atoms with Gasteiger partial charge in [-0.1, -0.05) is 30.3 Å². The van der Waals surface area contributed by atoms with E-state index < -0.39 is 31.1 Å². The SMILES string of the molecule is CC[N+](CC)(CC)Cc1ccccc1.O=S(=O)([N-]S(=O)(=O)C(F)(F)F)C(F)(F)F. The Balaban J connectivity index is 0.000000541. The van der Waals surface area contributed by atoms with E-state index in [0.29, 0.717) is 0 Å². The molecule has 1 aromatic carbocycles. The Labute approximate surface area is 166 Å². The lowest BCUT2D eigenvalue weighted by molar-refractivity contribution is -0.936. The van der Waals surface area contributed by atoms with Gasteiger partial charge in [-0.05, 0) is 20.8 Å². The van der Waals surface area contributed by atoms with Gasteiger partial charge in [0.05, 0.1) is 19.6 Å². The standard InChI is InChI=1S/C13H22N.C2F6NO4S2/c1-4-14(5-2,6-3)12-13-10-8-7-9-11-13;3-1(4,5)14(10,11)9-15(12,13)2(6,7)8/h7-11H,4-6,12H2,1-3H3;/q+1;-1. The zero-order valence-corrected chi connectivity index (χ0v) is 17.5. The molecule has 170 valence electrons. The fourth-order valence-corrected chi connectivity index (χ4v) is 3.90. The molecule has 29 heavy (non-hydrogen) atoms. The van der Waals surface area contributed by atoms with Gasteiger partial charge in [0, 0.05) is 5.56 Å². The van der Waals surface area contributed by atoms with E-state index in [2.05, 4.69) is 51.1 Å².